The largest absolute Gasteiger partial charge is 0.355 e. The fraction of sp³-hybridized carbons (Fsp3) is 0.579. The van der Waals surface area contributed by atoms with Crippen LogP contribution in [0.15, 0.2) is 24.3 Å². The van der Waals surface area contributed by atoms with Gasteiger partial charge in [-0.1, -0.05) is 17.7 Å². The van der Waals surface area contributed by atoms with Crippen molar-refractivity contribution >= 4 is 29.3 Å². The number of carbonyl (C=O) groups is 2. The molecule has 1 aromatic rings. The van der Waals surface area contributed by atoms with E-state index in [1.54, 1.807) is 0 Å². The minimum absolute atomic E-state index is 0.00323. The van der Waals surface area contributed by atoms with E-state index >= 15 is 0 Å². The van der Waals surface area contributed by atoms with Crippen LogP contribution in [0, 0.1) is 6.92 Å². The Morgan fingerprint density at radius 2 is 1.69 bits per heavy atom. The van der Waals surface area contributed by atoms with E-state index in [1.165, 1.54) is 11.8 Å². The maximum absolute atomic E-state index is 11.9. The van der Waals surface area contributed by atoms with Crippen molar-refractivity contribution in [2.24, 2.45) is 0 Å². The lowest BCUT2D eigenvalue weighted by molar-refractivity contribution is -0.118. The number of likely N-dealkylation sites (N-methyl/N-ethyl adjacent to an activating group) is 1. The zero-order chi connectivity index (χ0) is 18.8. The lowest BCUT2D eigenvalue weighted by Crippen LogP contribution is -2.45. The summed E-state index contributed by atoms with van der Waals surface area (Å²) in [6.07, 6.45) is 0.966. The zero-order valence-electron chi connectivity index (χ0n) is 15.8. The molecule has 7 heteroatoms. The van der Waals surface area contributed by atoms with Gasteiger partial charge in [-0.15, -0.1) is 11.8 Å². The van der Waals surface area contributed by atoms with E-state index in [0.717, 1.165) is 50.4 Å². The van der Waals surface area contributed by atoms with Crippen LogP contribution in [0.25, 0.3) is 0 Å². The number of carbonyl (C=O) groups excluding carboxylic acids is 2. The number of rotatable bonds is 9. The van der Waals surface area contributed by atoms with Crippen LogP contribution in [0.5, 0.6) is 0 Å². The molecule has 6 nitrogen and oxygen atoms in total. The van der Waals surface area contributed by atoms with Gasteiger partial charge in [-0.3, -0.25) is 9.59 Å². The number of aryl methyl sites for hydroxylation is 1. The predicted molar refractivity (Wildman–Crippen MR) is 109 cm³/mol. The van der Waals surface area contributed by atoms with Gasteiger partial charge in [0.25, 0.3) is 0 Å². The topological polar surface area (TPSA) is 64.7 Å². The molecule has 1 heterocycles. The number of nitrogens with one attached hydrogen (secondary N) is 2. The lowest BCUT2D eigenvalue weighted by atomic mass is 10.2. The third kappa shape index (κ3) is 8.21. The first-order chi connectivity index (χ1) is 12.5. The highest BCUT2D eigenvalue weighted by Gasteiger charge is 2.13. The molecule has 0 aliphatic carbocycles. The SMILES string of the molecule is Cc1ccc(NC(=O)CSCC(=O)NCCCN2CCN(C)CC2)cc1. The average Bonchev–Trinajstić information content (AvgIpc) is 2.62. The second-order valence-corrected chi connectivity index (χ2v) is 7.74. The monoisotopic (exact) mass is 378 g/mol. The number of thioether (sulfide) groups is 1. The molecule has 0 bridgehead atoms. The van der Waals surface area contributed by atoms with Crippen LogP contribution in [0.3, 0.4) is 0 Å². The Hall–Kier alpha value is -1.57. The van der Waals surface area contributed by atoms with E-state index in [0.29, 0.717) is 12.3 Å². The molecule has 0 atom stereocenters. The second-order valence-electron chi connectivity index (χ2n) is 6.76. The molecule has 1 aliphatic heterocycles. The summed E-state index contributed by atoms with van der Waals surface area (Å²) in [4.78, 5) is 28.5. The molecule has 2 amide bonds. The summed E-state index contributed by atoms with van der Waals surface area (Å²) in [5, 5.41) is 5.77. The van der Waals surface area contributed by atoms with Crippen LogP contribution in [0.1, 0.15) is 12.0 Å². The molecule has 2 N–H and O–H groups in total. The lowest BCUT2D eigenvalue weighted by Gasteiger charge is -2.32. The van der Waals surface area contributed by atoms with E-state index in [4.69, 9.17) is 0 Å². The molecule has 0 spiro atoms. The Bertz CT molecular complexity index is 571. The quantitative estimate of drug-likeness (QED) is 0.637. The molecule has 0 saturated carbocycles. The Labute approximate surface area is 160 Å². The smallest absolute Gasteiger partial charge is 0.234 e. The van der Waals surface area contributed by atoms with Gasteiger partial charge in [0.15, 0.2) is 0 Å². The molecule has 1 fully saturated rings. The summed E-state index contributed by atoms with van der Waals surface area (Å²) < 4.78 is 0. The first kappa shape index (κ1) is 20.7. The molecule has 144 valence electrons. The fourth-order valence-electron chi connectivity index (χ4n) is 2.72. The van der Waals surface area contributed by atoms with Crippen molar-refractivity contribution < 1.29 is 9.59 Å². The highest BCUT2D eigenvalue weighted by Crippen LogP contribution is 2.09. The van der Waals surface area contributed by atoms with Gasteiger partial charge in [0.1, 0.15) is 0 Å². The summed E-state index contributed by atoms with van der Waals surface area (Å²) in [5.41, 5.74) is 1.94. The molecule has 0 aromatic heterocycles. The van der Waals surface area contributed by atoms with Gasteiger partial charge < -0.3 is 20.4 Å². The van der Waals surface area contributed by atoms with Crippen molar-refractivity contribution in [2.45, 2.75) is 13.3 Å². The van der Waals surface area contributed by atoms with E-state index < -0.39 is 0 Å². The van der Waals surface area contributed by atoms with Crippen molar-refractivity contribution in [1.82, 2.24) is 15.1 Å². The highest BCUT2D eigenvalue weighted by molar-refractivity contribution is 8.00. The zero-order valence-corrected chi connectivity index (χ0v) is 16.6. The minimum atomic E-state index is -0.0817. The van der Waals surface area contributed by atoms with Crippen molar-refractivity contribution in [3.05, 3.63) is 29.8 Å². The van der Waals surface area contributed by atoms with Crippen LogP contribution >= 0.6 is 11.8 Å². The molecular weight excluding hydrogens is 348 g/mol. The van der Waals surface area contributed by atoms with Crippen LogP contribution in [-0.2, 0) is 9.59 Å². The molecule has 26 heavy (non-hydrogen) atoms. The van der Waals surface area contributed by atoms with Crippen LogP contribution < -0.4 is 10.6 Å². The summed E-state index contributed by atoms with van der Waals surface area (Å²) in [5.74, 6) is 0.511. The van der Waals surface area contributed by atoms with Gasteiger partial charge in [-0.25, -0.2) is 0 Å². The van der Waals surface area contributed by atoms with Gasteiger partial charge >= 0.3 is 0 Å². The Morgan fingerprint density at radius 3 is 2.38 bits per heavy atom. The first-order valence-corrected chi connectivity index (χ1v) is 10.3. The van der Waals surface area contributed by atoms with Crippen molar-refractivity contribution in [2.75, 3.05) is 63.1 Å². The van der Waals surface area contributed by atoms with Gasteiger partial charge in [0.2, 0.25) is 11.8 Å². The normalized spacial score (nSPS) is 15.6. The van der Waals surface area contributed by atoms with Crippen molar-refractivity contribution in [3.8, 4) is 0 Å². The Kier molecular flexibility index (Phi) is 8.94. The molecule has 0 radical (unpaired) electrons. The van der Waals surface area contributed by atoms with E-state index in [-0.39, 0.29) is 17.6 Å². The summed E-state index contributed by atoms with van der Waals surface area (Å²) in [6, 6.07) is 7.67. The number of hydrogen-bond acceptors (Lipinski definition) is 5. The maximum atomic E-state index is 11.9. The number of piperazine rings is 1. The average molecular weight is 379 g/mol. The van der Waals surface area contributed by atoms with E-state index in [2.05, 4.69) is 27.5 Å². The third-order valence-electron chi connectivity index (χ3n) is 4.37. The number of benzene rings is 1. The van der Waals surface area contributed by atoms with Crippen LogP contribution in [0.4, 0.5) is 5.69 Å². The minimum Gasteiger partial charge on any atom is -0.355 e. The second kappa shape index (κ2) is 11.2. The Balaban J connectivity index is 1.49. The van der Waals surface area contributed by atoms with E-state index in [9.17, 15) is 9.59 Å². The first-order valence-electron chi connectivity index (χ1n) is 9.15. The van der Waals surface area contributed by atoms with Crippen LogP contribution in [-0.4, -0.2) is 79.4 Å². The van der Waals surface area contributed by atoms with Crippen molar-refractivity contribution in [1.29, 1.82) is 0 Å². The van der Waals surface area contributed by atoms with Crippen LogP contribution in [0.2, 0.25) is 0 Å². The predicted octanol–water partition coefficient (Wildman–Crippen LogP) is 1.42. The number of amides is 2. The van der Waals surface area contributed by atoms with Gasteiger partial charge in [-0.2, -0.15) is 0 Å². The summed E-state index contributed by atoms with van der Waals surface area (Å²) >= 11 is 1.34. The molecule has 1 aliphatic rings. The molecule has 1 saturated heterocycles. The highest BCUT2D eigenvalue weighted by atomic mass is 32.2. The molecule has 1 aromatic carbocycles. The van der Waals surface area contributed by atoms with Gasteiger partial charge in [0.05, 0.1) is 11.5 Å². The van der Waals surface area contributed by atoms with Gasteiger partial charge in [0, 0.05) is 38.4 Å². The number of anilines is 1. The van der Waals surface area contributed by atoms with Crippen molar-refractivity contribution in [3.63, 3.8) is 0 Å². The summed E-state index contributed by atoms with van der Waals surface area (Å²) in [6.45, 7) is 8.18. The maximum Gasteiger partial charge on any atom is 0.234 e. The number of nitrogens with zero attached hydrogens (tertiary/aromatic N) is 2. The number of hydrogen-bond donors (Lipinski definition) is 2. The molecule has 2 rings (SSSR count). The standard InChI is InChI=1S/C19H30N4O2S/c1-16-4-6-17(7-5-16)21-19(25)15-26-14-18(24)20-8-3-9-23-12-10-22(2)11-13-23/h4-7H,3,8-15H2,1-2H3,(H,20,24)(H,21,25). The third-order valence-corrected chi connectivity index (χ3v) is 5.30. The van der Waals surface area contributed by atoms with E-state index in [1.807, 2.05) is 31.2 Å². The molecule has 0 unspecified atom stereocenters. The molecular formula is C19H30N4O2S. The Morgan fingerprint density at radius 1 is 1.04 bits per heavy atom. The fourth-order valence-corrected chi connectivity index (χ4v) is 3.37. The van der Waals surface area contributed by atoms with Gasteiger partial charge in [-0.05, 0) is 39.1 Å². The summed E-state index contributed by atoms with van der Waals surface area (Å²) in [7, 11) is 2.15.